The highest BCUT2D eigenvalue weighted by atomic mass is 35.5. The maximum absolute atomic E-state index is 12.9. The first-order valence-electron chi connectivity index (χ1n) is 10.8. The third-order valence-corrected chi connectivity index (χ3v) is 7.29. The first kappa shape index (κ1) is 26.2. The van der Waals surface area contributed by atoms with E-state index in [-0.39, 0.29) is 26.7 Å². The van der Waals surface area contributed by atoms with Crippen LogP contribution in [0.3, 0.4) is 0 Å². The van der Waals surface area contributed by atoms with Crippen molar-refractivity contribution in [1.29, 1.82) is 0 Å². The number of aromatic nitrogens is 1. The number of hydrogen-bond donors (Lipinski definition) is 3. The van der Waals surface area contributed by atoms with Gasteiger partial charge in [0.05, 0.1) is 31.9 Å². The summed E-state index contributed by atoms with van der Waals surface area (Å²) in [5, 5.41) is 5.73. The fourth-order valence-electron chi connectivity index (χ4n) is 3.45. The Labute approximate surface area is 223 Å². The number of nitrogens with zero attached hydrogens (tertiary/aromatic N) is 1. The zero-order valence-corrected chi connectivity index (χ0v) is 21.7. The molecule has 37 heavy (non-hydrogen) atoms. The maximum Gasteiger partial charge on any atom is 0.261 e. The molecule has 8 nitrogen and oxygen atoms in total. The summed E-state index contributed by atoms with van der Waals surface area (Å²) >= 11 is 12.6. The summed E-state index contributed by atoms with van der Waals surface area (Å²) in [6.45, 7) is 0. The molecule has 0 aliphatic carbocycles. The summed E-state index contributed by atoms with van der Waals surface area (Å²) in [5.41, 5.74) is 2.27. The lowest BCUT2D eigenvalue weighted by atomic mass is 10.1. The van der Waals surface area contributed by atoms with Gasteiger partial charge in [-0.1, -0.05) is 35.3 Å². The van der Waals surface area contributed by atoms with E-state index in [0.717, 1.165) is 0 Å². The molecule has 2 amide bonds. The van der Waals surface area contributed by atoms with Gasteiger partial charge in [-0.3, -0.25) is 19.3 Å². The number of pyridine rings is 1. The van der Waals surface area contributed by atoms with Crippen LogP contribution in [0.2, 0.25) is 10.0 Å². The lowest BCUT2D eigenvalue weighted by Crippen LogP contribution is -2.19. The molecule has 3 aromatic carbocycles. The molecular formula is C26H20Cl2N4O4S. The molecule has 0 saturated heterocycles. The molecule has 4 aromatic rings. The largest absolute Gasteiger partial charge is 0.355 e. The summed E-state index contributed by atoms with van der Waals surface area (Å²) in [7, 11) is -2.57. The van der Waals surface area contributed by atoms with Crippen LogP contribution in [0, 0.1) is 0 Å². The van der Waals surface area contributed by atoms with Crippen molar-refractivity contribution >= 4 is 56.4 Å². The molecule has 4 rings (SSSR count). The molecular weight excluding hydrogens is 535 g/mol. The number of benzene rings is 3. The van der Waals surface area contributed by atoms with Crippen molar-refractivity contribution in [2.24, 2.45) is 0 Å². The number of anilines is 2. The number of sulfonamides is 1. The number of rotatable bonds is 7. The molecule has 0 aliphatic heterocycles. The van der Waals surface area contributed by atoms with E-state index >= 15 is 0 Å². The van der Waals surface area contributed by atoms with Crippen LogP contribution < -0.4 is 15.4 Å². The zero-order valence-electron chi connectivity index (χ0n) is 19.3. The summed E-state index contributed by atoms with van der Waals surface area (Å²) in [4.78, 5) is 28.9. The summed E-state index contributed by atoms with van der Waals surface area (Å²) in [6, 6.07) is 20.2. The van der Waals surface area contributed by atoms with Crippen molar-refractivity contribution < 1.29 is 18.0 Å². The second kappa shape index (κ2) is 11.0. The number of carbonyl (C=O) groups excluding carboxylic acids is 2. The Morgan fingerprint density at radius 3 is 2.30 bits per heavy atom. The fraction of sp³-hybridized carbons (Fsp3) is 0.0385. The van der Waals surface area contributed by atoms with Crippen LogP contribution in [0.15, 0.2) is 90.0 Å². The minimum absolute atomic E-state index is 0.0377. The predicted octanol–water partition coefficient (Wildman–Crippen LogP) is 5.47. The fourth-order valence-corrected chi connectivity index (χ4v) is 5.02. The van der Waals surface area contributed by atoms with E-state index in [1.54, 1.807) is 36.5 Å². The van der Waals surface area contributed by atoms with Gasteiger partial charge >= 0.3 is 0 Å². The quantitative estimate of drug-likeness (QED) is 0.280. The van der Waals surface area contributed by atoms with Gasteiger partial charge in [0.2, 0.25) is 0 Å². The minimum Gasteiger partial charge on any atom is -0.355 e. The molecule has 0 spiro atoms. The van der Waals surface area contributed by atoms with Crippen molar-refractivity contribution in [3.05, 3.63) is 106 Å². The summed E-state index contributed by atoms with van der Waals surface area (Å²) in [5.74, 6) is -0.907. The number of carbonyl (C=O) groups is 2. The van der Waals surface area contributed by atoms with Gasteiger partial charge in [-0.25, -0.2) is 8.42 Å². The monoisotopic (exact) mass is 554 g/mol. The first-order chi connectivity index (χ1) is 17.7. The van der Waals surface area contributed by atoms with E-state index in [4.69, 9.17) is 23.2 Å². The molecule has 0 saturated carbocycles. The third kappa shape index (κ3) is 6.08. The van der Waals surface area contributed by atoms with E-state index < -0.39 is 21.8 Å². The Hall–Kier alpha value is -3.92. The standard InChI is InChI=1S/C26H20Cl2N4O4S/c1-29-25(33)16-5-4-6-19(13-16)37(35,36)32-18-8-10-20(23(28)15-18)26(34)31-17-9-11-22(27)21(14-17)24-7-2-3-12-30-24/h2-15,32H,1H3,(H,29,33)(H,31,34). The smallest absolute Gasteiger partial charge is 0.261 e. The molecule has 0 aliphatic rings. The number of hydrogen-bond acceptors (Lipinski definition) is 5. The molecule has 0 unspecified atom stereocenters. The zero-order chi connectivity index (χ0) is 26.6. The molecule has 0 radical (unpaired) electrons. The first-order valence-corrected chi connectivity index (χ1v) is 13.1. The van der Waals surface area contributed by atoms with Crippen molar-refractivity contribution in [3.8, 4) is 11.3 Å². The van der Waals surface area contributed by atoms with Gasteiger partial charge in [-0.2, -0.15) is 0 Å². The second-order valence-corrected chi connectivity index (χ2v) is 10.3. The minimum atomic E-state index is -4.02. The lowest BCUT2D eigenvalue weighted by molar-refractivity contribution is 0.0962. The van der Waals surface area contributed by atoms with E-state index in [1.165, 1.54) is 49.5 Å². The highest BCUT2D eigenvalue weighted by Gasteiger charge is 2.18. The Bertz CT molecular complexity index is 1600. The Morgan fingerprint density at radius 1 is 0.811 bits per heavy atom. The predicted molar refractivity (Wildman–Crippen MR) is 145 cm³/mol. The highest BCUT2D eigenvalue weighted by molar-refractivity contribution is 7.92. The SMILES string of the molecule is CNC(=O)c1cccc(S(=O)(=O)Nc2ccc(C(=O)Nc3ccc(Cl)c(-c4ccccn4)c3)c(Cl)c2)c1. The molecule has 188 valence electrons. The van der Waals surface area contributed by atoms with Gasteiger partial charge in [-0.15, -0.1) is 0 Å². The average molecular weight is 555 g/mol. The van der Waals surface area contributed by atoms with Crippen LogP contribution in [0.5, 0.6) is 0 Å². The number of halogens is 2. The number of amides is 2. The Balaban J connectivity index is 1.52. The van der Waals surface area contributed by atoms with E-state index in [0.29, 0.717) is 22.0 Å². The molecule has 0 bridgehead atoms. The molecule has 0 fully saturated rings. The van der Waals surface area contributed by atoms with Crippen molar-refractivity contribution in [3.63, 3.8) is 0 Å². The molecule has 3 N–H and O–H groups in total. The van der Waals surface area contributed by atoms with E-state index in [1.807, 2.05) is 6.07 Å². The normalized spacial score (nSPS) is 11.0. The average Bonchev–Trinajstić information content (AvgIpc) is 2.89. The van der Waals surface area contributed by atoms with Crippen molar-refractivity contribution in [1.82, 2.24) is 10.3 Å². The summed E-state index contributed by atoms with van der Waals surface area (Å²) < 4.78 is 28.1. The van der Waals surface area contributed by atoms with Crippen LogP contribution in [-0.2, 0) is 10.0 Å². The second-order valence-electron chi connectivity index (χ2n) is 7.77. The van der Waals surface area contributed by atoms with Crippen LogP contribution >= 0.6 is 23.2 Å². The lowest BCUT2D eigenvalue weighted by Gasteiger charge is -2.12. The van der Waals surface area contributed by atoms with Gasteiger partial charge in [0.1, 0.15) is 0 Å². The highest BCUT2D eigenvalue weighted by Crippen LogP contribution is 2.30. The van der Waals surface area contributed by atoms with Crippen LogP contribution in [-0.4, -0.2) is 32.3 Å². The van der Waals surface area contributed by atoms with Gasteiger partial charge in [-0.05, 0) is 66.7 Å². The van der Waals surface area contributed by atoms with Crippen LogP contribution in [0.1, 0.15) is 20.7 Å². The third-order valence-electron chi connectivity index (χ3n) is 5.26. The topological polar surface area (TPSA) is 117 Å². The maximum atomic E-state index is 12.9. The van der Waals surface area contributed by atoms with E-state index in [9.17, 15) is 18.0 Å². The van der Waals surface area contributed by atoms with Gasteiger partial charge in [0.25, 0.3) is 21.8 Å². The van der Waals surface area contributed by atoms with Gasteiger partial charge in [0, 0.05) is 30.1 Å². The van der Waals surface area contributed by atoms with Crippen molar-refractivity contribution in [2.75, 3.05) is 17.1 Å². The molecule has 11 heteroatoms. The van der Waals surface area contributed by atoms with E-state index in [2.05, 4.69) is 20.3 Å². The Kier molecular flexibility index (Phi) is 7.77. The van der Waals surface area contributed by atoms with Gasteiger partial charge < -0.3 is 10.6 Å². The molecule has 0 atom stereocenters. The van der Waals surface area contributed by atoms with Crippen LogP contribution in [0.4, 0.5) is 11.4 Å². The molecule has 1 aromatic heterocycles. The Morgan fingerprint density at radius 2 is 1.59 bits per heavy atom. The molecule has 1 heterocycles. The van der Waals surface area contributed by atoms with Crippen LogP contribution in [0.25, 0.3) is 11.3 Å². The van der Waals surface area contributed by atoms with Crippen molar-refractivity contribution in [2.45, 2.75) is 4.90 Å². The van der Waals surface area contributed by atoms with Gasteiger partial charge in [0.15, 0.2) is 0 Å². The summed E-state index contributed by atoms with van der Waals surface area (Å²) in [6.07, 6.45) is 1.64. The number of nitrogens with one attached hydrogen (secondary N) is 3.